The summed E-state index contributed by atoms with van der Waals surface area (Å²) in [6, 6.07) is 26.3. The molecule has 8 heteroatoms. The summed E-state index contributed by atoms with van der Waals surface area (Å²) in [5.74, 6) is 2.10. The van der Waals surface area contributed by atoms with Crippen LogP contribution in [0.25, 0.3) is 0 Å². The average Bonchev–Trinajstić information content (AvgIpc) is 3.23. The van der Waals surface area contributed by atoms with Crippen LogP contribution in [0.1, 0.15) is 27.6 Å². The van der Waals surface area contributed by atoms with Gasteiger partial charge in [-0.1, -0.05) is 42.5 Å². The Balaban J connectivity index is 1.17. The van der Waals surface area contributed by atoms with Crippen LogP contribution in [0.5, 0.6) is 5.75 Å². The van der Waals surface area contributed by atoms with Gasteiger partial charge in [0.25, 0.3) is 5.91 Å². The lowest BCUT2D eigenvalue weighted by molar-refractivity contribution is 0.0946. The molecule has 1 N–H and O–H groups in total. The highest BCUT2D eigenvalue weighted by molar-refractivity contribution is 5.96. The zero-order valence-electron chi connectivity index (χ0n) is 21.3. The number of aromatic nitrogens is 3. The van der Waals surface area contributed by atoms with E-state index >= 15 is 0 Å². The molecule has 8 nitrogen and oxygen atoms in total. The molecule has 0 unspecified atom stereocenters. The van der Waals surface area contributed by atoms with Crippen molar-refractivity contribution in [1.29, 1.82) is 0 Å². The number of anilines is 2. The van der Waals surface area contributed by atoms with Crippen LogP contribution >= 0.6 is 0 Å². The number of nitrogens with one attached hydrogen (secondary N) is 1. The molecule has 0 fully saturated rings. The van der Waals surface area contributed by atoms with Crippen molar-refractivity contribution in [2.75, 3.05) is 32.1 Å². The third kappa shape index (κ3) is 5.65. The standard InChI is InChI=1S/C29H32N6O2/c1-33(23-8-4-3-5-9-23)24-14-12-22(13-15-24)21-34-17-16-27-31-32-28(35(27)19-18-34)20-30-29(36)25-10-6-7-11-26(25)37-2/h3-15H,16-21H2,1-2H3,(H,30,36). The molecule has 0 saturated carbocycles. The van der Waals surface area contributed by atoms with Gasteiger partial charge in [-0.25, -0.2) is 0 Å². The van der Waals surface area contributed by atoms with Crippen molar-refractivity contribution in [2.45, 2.75) is 26.1 Å². The molecule has 190 valence electrons. The molecule has 0 radical (unpaired) electrons. The van der Waals surface area contributed by atoms with E-state index in [2.05, 4.69) is 85.5 Å². The first-order valence-electron chi connectivity index (χ1n) is 12.5. The lowest BCUT2D eigenvalue weighted by atomic mass is 10.1. The van der Waals surface area contributed by atoms with Gasteiger partial charge in [-0.3, -0.25) is 9.69 Å². The summed E-state index contributed by atoms with van der Waals surface area (Å²) >= 11 is 0. The summed E-state index contributed by atoms with van der Waals surface area (Å²) in [6.07, 6.45) is 0.822. The molecule has 0 aliphatic carbocycles. The van der Waals surface area contributed by atoms with Gasteiger partial charge in [-0.15, -0.1) is 10.2 Å². The zero-order valence-corrected chi connectivity index (χ0v) is 21.3. The first kappa shape index (κ1) is 24.5. The summed E-state index contributed by atoms with van der Waals surface area (Å²) in [7, 11) is 3.65. The van der Waals surface area contributed by atoms with Crippen molar-refractivity contribution >= 4 is 17.3 Å². The van der Waals surface area contributed by atoms with Crippen molar-refractivity contribution in [3.05, 3.63) is 102 Å². The number of amides is 1. The summed E-state index contributed by atoms with van der Waals surface area (Å²) in [5, 5.41) is 11.7. The molecular formula is C29H32N6O2. The lowest BCUT2D eigenvalue weighted by Crippen LogP contribution is -2.28. The molecule has 4 aromatic rings. The van der Waals surface area contributed by atoms with Crippen LogP contribution in [-0.2, 0) is 26.1 Å². The Bertz CT molecular complexity index is 1340. The van der Waals surface area contributed by atoms with Crippen LogP contribution in [0.2, 0.25) is 0 Å². The fourth-order valence-electron chi connectivity index (χ4n) is 4.69. The molecule has 0 bridgehead atoms. The number of carbonyl (C=O) groups excluding carboxylic acids is 1. The molecule has 1 aromatic heterocycles. The Morgan fingerprint density at radius 1 is 0.919 bits per heavy atom. The predicted molar refractivity (Wildman–Crippen MR) is 144 cm³/mol. The van der Waals surface area contributed by atoms with E-state index in [0.717, 1.165) is 49.9 Å². The Hall–Kier alpha value is -4.17. The van der Waals surface area contributed by atoms with Crippen molar-refractivity contribution in [3.63, 3.8) is 0 Å². The number of methoxy groups -OCH3 is 1. The topological polar surface area (TPSA) is 75.5 Å². The van der Waals surface area contributed by atoms with Gasteiger partial charge in [0.15, 0.2) is 5.82 Å². The van der Waals surface area contributed by atoms with Gasteiger partial charge in [0.05, 0.1) is 19.2 Å². The maximum Gasteiger partial charge on any atom is 0.255 e. The van der Waals surface area contributed by atoms with Crippen molar-refractivity contribution in [2.24, 2.45) is 0 Å². The van der Waals surface area contributed by atoms with Crippen molar-refractivity contribution in [1.82, 2.24) is 25.0 Å². The minimum Gasteiger partial charge on any atom is -0.496 e. The van der Waals surface area contributed by atoms with Gasteiger partial charge in [0.2, 0.25) is 0 Å². The maximum atomic E-state index is 12.7. The number of hydrogen-bond donors (Lipinski definition) is 1. The molecule has 1 amide bonds. The van der Waals surface area contributed by atoms with E-state index < -0.39 is 0 Å². The van der Waals surface area contributed by atoms with Crippen LogP contribution in [-0.4, -0.2) is 52.8 Å². The summed E-state index contributed by atoms with van der Waals surface area (Å²) in [6.45, 7) is 3.80. The van der Waals surface area contributed by atoms with Crippen molar-refractivity contribution < 1.29 is 9.53 Å². The molecule has 2 heterocycles. The van der Waals surface area contributed by atoms with Crippen LogP contribution in [0, 0.1) is 0 Å². The average molecular weight is 497 g/mol. The first-order valence-corrected chi connectivity index (χ1v) is 12.5. The fraction of sp³-hybridized carbons (Fsp3) is 0.276. The largest absolute Gasteiger partial charge is 0.496 e. The smallest absolute Gasteiger partial charge is 0.255 e. The molecule has 37 heavy (non-hydrogen) atoms. The SMILES string of the molecule is COc1ccccc1C(=O)NCc1nnc2n1CCN(Cc1ccc(N(C)c3ccccc3)cc1)CC2. The molecule has 0 spiro atoms. The highest BCUT2D eigenvalue weighted by Gasteiger charge is 2.20. The Morgan fingerprint density at radius 2 is 1.65 bits per heavy atom. The second kappa shape index (κ2) is 11.3. The highest BCUT2D eigenvalue weighted by Crippen LogP contribution is 2.24. The Kier molecular flexibility index (Phi) is 7.46. The summed E-state index contributed by atoms with van der Waals surface area (Å²) in [5.41, 5.74) is 4.12. The van der Waals surface area contributed by atoms with E-state index in [1.807, 2.05) is 18.2 Å². The first-order chi connectivity index (χ1) is 18.1. The molecule has 5 rings (SSSR count). The zero-order chi connectivity index (χ0) is 25.6. The maximum absolute atomic E-state index is 12.7. The van der Waals surface area contributed by atoms with Gasteiger partial charge in [0, 0.05) is 51.0 Å². The quantitative estimate of drug-likeness (QED) is 0.397. The van der Waals surface area contributed by atoms with Crippen LogP contribution in [0.3, 0.4) is 0 Å². The van der Waals surface area contributed by atoms with Gasteiger partial charge in [0.1, 0.15) is 11.6 Å². The molecule has 1 aliphatic heterocycles. The molecule has 0 atom stereocenters. The number of benzene rings is 3. The Labute approximate surface area is 217 Å². The summed E-state index contributed by atoms with van der Waals surface area (Å²) < 4.78 is 7.45. The van der Waals surface area contributed by atoms with E-state index in [1.54, 1.807) is 19.2 Å². The van der Waals surface area contributed by atoms with E-state index in [9.17, 15) is 4.79 Å². The molecule has 3 aromatic carbocycles. The van der Waals surface area contributed by atoms with Gasteiger partial charge in [-0.2, -0.15) is 0 Å². The minimum absolute atomic E-state index is 0.189. The van der Waals surface area contributed by atoms with Gasteiger partial charge in [-0.05, 0) is 42.0 Å². The number of hydrogen-bond acceptors (Lipinski definition) is 6. The number of nitrogens with zero attached hydrogens (tertiary/aromatic N) is 5. The molecule has 1 aliphatic rings. The van der Waals surface area contributed by atoms with Gasteiger partial charge >= 0.3 is 0 Å². The summed E-state index contributed by atoms with van der Waals surface area (Å²) in [4.78, 5) is 17.3. The highest BCUT2D eigenvalue weighted by atomic mass is 16.5. The number of para-hydroxylation sites is 2. The molecule has 0 saturated heterocycles. The predicted octanol–water partition coefficient (Wildman–Crippen LogP) is 4.04. The molecular weight excluding hydrogens is 464 g/mol. The normalized spacial score (nSPS) is 13.5. The van der Waals surface area contributed by atoms with E-state index in [-0.39, 0.29) is 5.91 Å². The second-order valence-corrected chi connectivity index (χ2v) is 9.15. The van der Waals surface area contributed by atoms with E-state index in [1.165, 1.54) is 11.3 Å². The van der Waals surface area contributed by atoms with Crippen molar-refractivity contribution in [3.8, 4) is 5.75 Å². The van der Waals surface area contributed by atoms with Crippen LogP contribution < -0.4 is 15.0 Å². The van der Waals surface area contributed by atoms with Gasteiger partial charge < -0.3 is 19.5 Å². The van der Waals surface area contributed by atoms with E-state index in [4.69, 9.17) is 4.74 Å². The lowest BCUT2D eigenvalue weighted by Gasteiger charge is -2.22. The number of fused-ring (bicyclic) bond motifs is 1. The number of ether oxygens (including phenoxy) is 1. The number of rotatable bonds is 8. The fourth-order valence-corrected chi connectivity index (χ4v) is 4.69. The second-order valence-electron chi connectivity index (χ2n) is 9.15. The van der Waals surface area contributed by atoms with Crippen LogP contribution in [0.4, 0.5) is 11.4 Å². The van der Waals surface area contributed by atoms with Crippen LogP contribution in [0.15, 0.2) is 78.9 Å². The third-order valence-corrected chi connectivity index (χ3v) is 6.83. The minimum atomic E-state index is -0.189. The number of carbonyl (C=O) groups is 1. The Morgan fingerprint density at radius 3 is 2.43 bits per heavy atom. The third-order valence-electron chi connectivity index (χ3n) is 6.83. The van der Waals surface area contributed by atoms with E-state index in [0.29, 0.717) is 17.9 Å². The monoisotopic (exact) mass is 496 g/mol.